The molecule has 0 heterocycles. The summed E-state index contributed by atoms with van der Waals surface area (Å²) >= 11 is 6.98. The number of nitrogens with one attached hydrogen (secondary N) is 1. The Labute approximate surface area is 164 Å². The molecule has 2 aromatic rings. The number of hydrogen-bond donors (Lipinski definition) is 1. The van der Waals surface area contributed by atoms with Gasteiger partial charge in [0.2, 0.25) is 0 Å². The highest BCUT2D eigenvalue weighted by atomic mass is 35.5. The third-order valence-corrected chi connectivity index (χ3v) is 7.04. The van der Waals surface area contributed by atoms with Gasteiger partial charge in [0, 0.05) is 36.5 Å². The van der Waals surface area contributed by atoms with E-state index in [2.05, 4.69) is 9.71 Å². The average Bonchev–Trinajstić information content (AvgIpc) is 2.59. The first-order valence-corrected chi connectivity index (χ1v) is 10.7. The number of nitrogens with zero attached hydrogens (tertiary/aromatic N) is 2. The number of aliphatic imine (C=N–C) groups is 1. The van der Waals surface area contributed by atoms with Crippen molar-refractivity contribution < 1.29 is 8.42 Å². The van der Waals surface area contributed by atoms with Gasteiger partial charge < -0.3 is 0 Å². The van der Waals surface area contributed by atoms with Crippen LogP contribution in [0.4, 0.5) is 5.69 Å². The molecule has 0 spiro atoms. The van der Waals surface area contributed by atoms with Gasteiger partial charge in [0.15, 0.2) is 0 Å². The molecule has 1 N–H and O–H groups in total. The fraction of sp³-hybridized carbons (Fsp3) is 0.278. The molecule has 5 nitrogen and oxygen atoms in total. The summed E-state index contributed by atoms with van der Waals surface area (Å²) in [5.74, 6) is 0. The zero-order valence-corrected chi connectivity index (χ0v) is 17.3. The van der Waals surface area contributed by atoms with E-state index >= 15 is 0 Å². The van der Waals surface area contributed by atoms with Crippen LogP contribution in [0.3, 0.4) is 0 Å². The smallest absolute Gasteiger partial charge is 0.253 e. The van der Waals surface area contributed by atoms with Crippen molar-refractivity contribution in [3.63, 3.8) is 0 Å². The van der Waals surface area contributed by atoms with E-state index in [9.17, 15) is 8.42 Å². The first-order chi connectivity index (χ1) is 12.3. The largest absolute Gasteiger partial charge is 0.260 e. The topological polar surface area (TPSA) is 61.8 Å². The van der Waals surface area contributed by atoms with Crippen molar-refractivity contribution in [3.8, 4) is 0 Å². The second kappa shape index (κ2) is 9.53. The SMILES string of the molecule is CCN(SNCC=Nc1ccc(Cl)cc1C)S(=O)(=O)c1ccc(C)cc1. The number of rotatable bonds is 8. The fourth-order valence-corrected chi connectivity index (χ4v) is 4.68. The summed E-state index contributed by atoms with van der Waals surface area (Å²) in [6.07, 6.45) is 1.70. The van der Waals surface area contributed by atoms with Crippen LogP contribution in [-0.2, 0) is 10.0 Å². The van der Waals surface area contributed by atoms with Gasteiger partial charge in [-0.25, -0.2) is 13.1 Å². The minimum atomic E-state index is -3.54. The van der Waals surface area contributed by atoms with E-state index in [4.69, 9.17) is 11.6 Å². The predicted molar refractivity (Wildman–Crippen MR) is 111 cm³/mol. The molecule has 140 valence electrons. The van der Waals surface area contributed by atoms with E-state index in [1.807, 2.05) is 26.0 Å². The number of hydrogen-bond acceptors (Lipinski definition) is 5. The zero-order valence-electron chi connectivity index (χ0n) is 14.9. The lowest BCUT2D eigenvalue weighted by Crippen LogP contribution is -2.28. The molecular weight excluding hydrogens is 390 g/mol. The van der Waals surface area contributed by atoms with Crippen molar-refractivity contribution in [2.45, 2.75) is 25.7 Å². The molecule has 0 amide bonds. The lowest BCUT2D eigenvalue weighted by molar-refractivity contribution is 0.549. The Morgan fingerprint density at radius 2 is 1.88 bits per heavy atom. The minimum absolute atomic E-state index is 0.282. The Hall–Kier alpha value is -1.38. The van der Waals surface area contributed by atoms with Crippen LogP contribution in [0.15, 0.2) is 52.4 Å². The maximum absolute atomic E-state index is 12.7. The lowest BCUT2D eigenvalue weighted by atomic mass is 10.2. The first kappa shape index (κ1) is 20.9. The summed E-state index contributed by atoms with van der Waals surface area (Å²) in [5.41, 5.74) is 2.84. The van der Waals surface area contributed by atoms with Crippen molar-refractivity contribution >= 4 is 45.7 Å². The molecule has 0 atom stereocenters. The van der Waals surface area contributed by atoms with Crippen molar-refractivity contribution in [1.29, 1.82) is 0 Å². The second-order valence-electron chi connectivity index (χ2n) is 5.62. The van der Waals surface area contributed by atoms with Gasteiger partial charge in [-0.15, -0.1) is 3.71 Å². The van der Waals surface area contributed by atoms with Crippen LogP contribution >= 0.6 is 23.7 Å². The first-order valence-electron chi connectivity index (χ1n) is 8.12. The fourth-order valence-electron chi connectivity index (χ4n) is 2.17. The molecule has 0 saturated carbocycles. The average molecular weight is 412 g/mol. The summed E-state index contributed by atoms with van der Waals surface area (Å²) in [6, 6.07) is 12.3. The van der Waals surface area contributed by atoms with Gasteiger partial charge >= 0.3 is 0 Å². The quantitative estimate of drug-likeness (QED) is 0.394. The Morgan fingerprint density at radius 1 is 1.19 bits per heavy atom. The van der Waals surface area contributed by atoms with Gasteiger partial charge in [0.05, 0.1) is 10.6 Å². The summed E-state index contributed by atoms with van der Waals surface area (Å²) in [7, 11) is -3.54. The van der Waals surface area contributed by atoms with Crippen LogP contribution in [0, 0.1) is 13.8 Å². The predicted octanol–water partition coefficient (Wildman–Crippen LogP) is 4.52. The van der Waals surface area contributed by atoms with Gasteiger partial charge in [-0.1, -0.05) is 36.2 Å². The highest BCUT2D eigenvalue weighted by molar-refractivity contribution is 8.07. The van der Waals surface area contributed by atoms with Gasteiger partial charge in [0.1, 0.15) is 0 Å². The van der Waals surface area contributed by atoms with Crippen LogP contribution in [0.1, 0.15) is 18.1 Å². The van der Waals surface area contributed by atoms with E-state index in [-0.39, 0.29) is 4.90 Å². The molecule has 0 unspecified atom stereocenters. The van der Waals surface area contributed by atoms with Crippen molar-refractivity contribution in [3.05, 3.63) is 58.6 Å². The monoisotopic (exact) mass is 411 g/mol. The maximum atomic E-state index is 12.7. The van der Waals surface area contributed by atoms with E-state index in [0.29, 0.717) is 18.1 Å². The molecule has 8 heteroatoms. The summed E-state index contributed by atoms with van der Waals surface area (Å²) in [6.45, 7) is 6.43. The molecule has 0 aromatic heterocycles. The molecule has 0 bridgehead atoms. The van der Waals surface area contributed by atoms with Crippen LogP contribution in [-0.4, -0.2) is 31.4 Å². The van der Waals surface area contributed by atoms with E-state index in [1.165, 1.54) is 3.71 Å². The Morgan fingerprint density at radius 3 is 2.50 bits per heavy atom. The highest BCUT2D eigenvalue weighted by Crippen LogP contribution is 2.22. The molecule has 0 aliphatic carbocycles. The molecule has 0 fully saturated rings. The number of halogens is 1. The van der Waals surface area contributed by atoms with E-state index in [1.54, 1.807) is 43.5 Å². The van der Waals surface area contributed by atoms with Gasteiger partial charge in [-0.3, -0.25) is 4.99 Å². The molecule has 2 rings (SSSR count). The van der Waals surface area contributed by atoms with Crippen molar-refractivity contribution in [2.75, 3.05) is 13.1 Å². The van der Waals surface area contributed by atoms with E-state index < -0.39 is 10.0 Å². The van der Waals surface area contributed by atoms with Crippen LogP contribution < -0.4 is 4.72 Å². The Balaban J connectivity index is 1.94. The third-order valence-electron chi connectivity index (χ3n) is 3.58. The molecule has 0 aliphatic heterocycles. The molecule has 2 aromatic carbocycles. The summed E-state index contributed by atoms with van der Waals surface area (Å²) < 4.78 is 29.6. The zero-order chi connectivity index (χ0) is 19.2. The Bertz CT molecular complexity index is 869. The molecular formula is C18H22ClN3O2S2. The second-order valence-corrected chi connectivity index (χ2v) is 9.06. The highest BCUT2D eigenvalue weighted by Gasteiger charge is 2.23. The number of benzene rings is 2. The third kappa shape index (κ3) is 5.56. The van der Waals surface area contributed by atoms with Crippen molar-refractivity contribution in [2.24, 2.45) is 4.99 Å². The Kier molecular flexibility index (Phi) is 7.67. The number of aryl methyl sites for hydroxylation is 2. The van der Waals surface area contributed by atoms with Gasteiger partial charge in [-0.05, 0) is 49.7 Å². The normalized spacial score (nSPS) is 12.2. The minimum Gasteiger partial charge on any atom is -0.260 e. The molecule has 0 saturated heterocycles. The molecule has 26 heavy (non-hydrogen) atoms. The van der Waals surface area contributed by atoms with Crippen LogP contribution in [0.5, 0.6) is 0 Å². The van der Waals surface area contributed by atoms with Crippen LogP contribution in [0.2, 0.25) is 5.02 Å². The standard InChI is InChI=1S/C18H22ClN3O2S2/c1-4-22(26(23,24)17-8-5-14(2)6-9-17)25-21-12-11-20-18-10-7-16(19)13-15(18)3/h5-11,13,21H,4,12H2,1-3H3. The summed E-state index contributed by atoms with van der Waals surface area (Å²) in [4.78, 5) is 4.65. The van der Waals surface area contributed by atoms with Gasteiger partial charge in [-0.2, -0.15) is 0 Å². The van der Waals surface area contributed by atoms with Crippen molar-refractivity contribution in [1.82, 2.24) is 8.43 Å². The molecule has 0 radical (unpaired) electrons. The molecule has 0 aliphatic rings. The van der Waals surface area contributed by atoms with Gasteiger partial charge in [0.25, 0.3) is 10.0 Å². The lowest BCUT2D eigenvalue weighted by Gasteiger charge is -2.19. The maximum Gasteiger partial charge on any atom is 0.253 e. The van der Waals surface area contributed by atoms with E-state index in [0.717, 1.165) is 28.9 Å². The summed E-state index contributed by atoms with van der Waals surface area (Å²) in [5, 5.41) is 0.676. The number of sulfonamides is 1. The van der Waals surface area contributed by atoms with Crippen LogP contribution in [0.25, 0.3) is 0 Å².